The number of aliphatic hydroxyl groups excluding tert-OH is 1. The van der Waals surface area contributed by atoms with Gasteiger partial charge in [-0.3, -0.25) is 0 Å². The van der Waals surface area contributed by atoms with Crippen molar-refractivity contribution >= 4 is 0 Å². The van der Waals surface area contributed by atoms with Gasteiger partial charge in [0.2, 0.25) is 0 Å². The summed E-state index contributed by atoms with van der Waals surface area (Å²) in [4.78, 5) is 0. The molecule has 0 aromatic heterocycles. The summed E-state index contributed by atoms with van der Waals surface area (Å²) in [6.45, 7) is 2.53. The molecular weight excluding hydrogens is 208 g/mol. The molecule has 17 heavy (non-hydrogen) atoms. The lowest BCUT2D eigenvalue weighted by Gasteiger charge is -2.21. The molecule has 1 aromatic rings. The monoisotopic (exact) mass is 232 g/mol. The molecule has 1 saturated carbocycles. The van der Waals surface area contributed by atoms with Gasteiger partial charge in [-0.05, 0) is 35.8 Å². The molecule has 0 amide bonds. The van der Waals surface area contributed by atoms with Crippen LogP contribution < -0.4 is 0 Å². The maximum Gasteiger partial charge on any atom is 0.0465 e. The third kappa shape index (κ3) is 3.32. The van der Waals surface area contributed by atoms with Gasteiger partial charge in [0.05, 0.1) is 0 Å². The van der Waals surface area contributed by atoms with Crippen LogP contribution in [0.1, 0.15) is 43.7 Å². The third-order valence-electron chi connectivity index (χ3n) is 4.23. The van der Waals surface area contributed by atoms with Crippen LogP contribution in [0.3, 0.4) is 0 Å². The first kappa shape index (κ1) is 12.6. The molecule has 0 aliphatic heterocycles. The molecule has 1 fully saturated rings. The lowest BCUT2D eigenvalue weighted by molar-refractivity contribution is 0.175. The fourth-order valence-electron chi connectivity index (χ4n) is 3.02. The second-order valence-electron chi connectivity index (χ2n) is 5.36. The van der Waals surface area contributed by atoms with E-state index < -0.39 is 0 Å². The van der Waals surface area contributed by atoms with E-state index in [1.807, 2.05) is 0 Å². The van der Waals surface area contributed by atoms with Gasteiger partial charge in [-0.1, -0.05) is 56.9 Å². The molecule has 1 aromatic carbocycles. The minimum absolute atomic E-state index is 0.347. The first-order valence-corrected chi connectivity index (χ1v) is 7.02. The van der Waals surface area contributed by atoms with Crippen molar-refractivity contribution in [2.45, 2.75) is 45.4 Å². The van der Waals surface area contributed by atoms with Crippen molar-refractivity contribution in [1.29, 1.82) is 0 Å². The van der Waals surface area contributed by atoms with Crippen LogP contribution in [0.2, 0.25) is 0 Å². The van der Waals surface area contributed by atoms with Gasteiger partial charge in [0.25, 0.3) is 0 Å². The Labute approximate surface area is 105 Å². The van der Waals surface area contributed by atoms with E-state index in [1.165, 1.54) is 36.8 Å². The number of hydrogen-bond donors (Lipinski definition) is 1. The Morgan fingerprint density at radius 3 is 2.24 bits per heavy atom. The molecule has 0 saturated heterocycles. The third-order valence-corrected chi connectivity index (χ3v) is 4.23. The molecule has 1 aliphatic carbocycles. The highest BCUT2D eigenvalue weighted by atomic mass is 16.3. The highest BCUT2D eigenvalue weighted by Gasteiger charge is 2.24. The lowest BCUT2D eigenvalue weighted by atomic mass is 9.86. The standard InChI is InChI=1S/C16H24O/c1-2-13-7-9-14(10-8-13)11-16(12-17)15-5-3-4-6-15/h7-10,15-17H,2-6,11-12H2,1H3. The Kier molecular flexibility index (Phi) is 4.61. The van der Waals surface area contributed by atoms with Gasteiger partial charge in [0, 0.05) is 6.61 Å². The minimum atomic E-state index is 0.347. The maximum absolute atomic E-state index is 9.55. The molecule has 0 heterocycles. The fraction of sp³-hybridized carbons (Fsp3) is 0.625. The maximum atomic E-state index is 9.55. The Hall–Kier alpha value is -0.820. The molecule has 1 nitrogen and oxygen atoms in total. The summed E-state index contributed by atoms with van der Waals surface area (Å²) in [6, 6.07) is 8.91. The van der Waals surface area contributed by atoms with Crippen molar-refractivity contribution in [3.63, 3.8) is 0 Å². The van der Waals surface area contributed by atoms with Crippen LogP contribution in [-0.4, -0.2) is 11.7 Å². The molecule has 0 bridgehead atoms. The number of hydrogen-bond acceptors (Lipinski definition) is 1. The molecule has 1 N–H and O–H groups in total. The first-order valence-electron chi connectivity index (χ1n) is 7.02. The summed E-state index contributed by atoms with van der Waals surface area (Å²) in [6.07, 6.45) is 7.50. The Bertz CT molecular complexity index is 322. The van der Waals surface area contributed by atoms with Crippen molar-refractivity contribution in [2.24, 2.45) is 11.8 Å². The molecule has 1 heteroatoms. The summed E-state index contributed by atoms with van der Waals surface area (Å²) >= 11 is 0. The van der Waals surface area contributed by atoms with Gasteiger partial charge in [0.1, 0.15) is 0 Å². The van der Waals surface area contributed by atoms with E-state index in [2.05, 4.69) is 31.2 Å². The van der Waals surface area contributed by atoms with Crippen LogP contribution >= 0.6 is 0 Å². The Morgan fingerprint density at radius 2 is 1.71 bits per heavy atom. The second-order valence-corrected chi connectivity index (χ2v) is 5.36. The summed E-state index contributed by atoms with van der Waals surface area (Å²) in [5.41, 5.74) is 2.78. The zero-order valence-corrected chi connectivity index (χ0v) is 10.9. The quantitative estimate of drug-likeness (QED) is 0.822. The van der Waals surface area contributed by atoms with Gasteiger partial charge in [0.15, 0.2) is 0 Å². The average molecular weight is 232 g/mol. The van der Waals surface area contributed by atoms with Crippen LogP contribution in [0.25, 0.3) is 0 Å². The molecule has 1 unspecified atom stereocenters. The lowest BCUT2D eigenvalue weighted by Crippen LogP contribution is -2.18. The van der Waals surface area contributed by atoms with E-state index in [0.29, 0.717) is 12.5 Å². The molecule has 0 spiro atoms. The summed E-state index contributed by atoms with van der Waals surface area (Å²) < 4.78 is 0. The highest BCUT2D eigenvalue weighted by molar-refractivity contribution is 5.23. The molecule has 1 atom stereocenters. The zero-order valence-electron chi connectivity index (χ0n) is 10.9. The molecule has 0 radical (unpaired) electrons. The van der Waals surface area contributed by atoms with Gasteiger partial charge in [-0.25, -0.2) is 0 Å². The van der Waals surface area contributed by atoms with Crippen LogP contribution in [0.4, 0.5) is 0 Å². The SMILES string of the molecule is CCc1ccc(CC(CO)C2CCCC2)cc1. The number of aryl methyl sites for hydroxylation is 1. The Morgan fingerprint density at radius 1 is 1.12 bits per heavy atom. The van der Waals surface area contributed by atoms with E-state index in [1.54, 1.807) is 0 Å². The minimum Gasteiger partial charge on any atom is -0.396 e. The number of aliphatic hydroxyl groups is 1. The largest absolute Gasteiger partial charge is 0.396 e. The summed E-state index contributed by atoms with van der Waals surface area (Å²) in [7, 11) is 0. The smallest absolute Gasteiger partial charge is 0.0465 e. The van der Waals surface area contributed by atoms with Crippen molar-refractivity contribution in [3.8, 4) is 0 Å². The van der Waals surface area contributed by atoms with E-state index in [0.717, 1.165) is 18.8 Å². The van der Waals surface area contributed by atoms with Gasteiger partial charge < -0.3 is 5.11 Å². The predicted molar refractivity (Wildman–Crippen MR) is 72.1 cm³/mol. The molecular formula is C16H24O. The Balaban J connectivity index is 1.96. The van der Waals surface area contributed by atoms with Crippen LogP contribution in [0.15, 0.2) is 24.3 Å². The molecule has 1 aliphatic rings. The second kappa shape index (κ2) is 6.20. The number of rotatable bonds is 5. The highest BCUT2D eigenvalue weighted by Crippen LogP contribution is 2.33. The van der Waals surface area contributed by atoms with E-state index in [9.17, 15) is 5.11 Å². The predicted octanol–water partition coefficient (Wildman–Crippen LogP) is 3.59. The topological polar surface area (TPSA) is 20.2 Å². The van der Waals surface area contributed by atoms with Crippen molar-refractivity contribution in [3.05, 3.63) is 35.4 Å². The first-order chi connectivity index (χ1) is 8.33. The molecule has 2 rings (SSSR count). The van der Waals surface area contributed by atoms with E-state index >= 15 is 0 Å². The summed E-state index contributed by atoms with van der Waals surface area (Å²) in [5.74, 6) is 1.23. The van der Waals surface area contributed by atoms with E-state index in [-0.39, 0.29) is 0 Å². The summed E-state index contributed by atoms with van der Waals surface area (Å²) in [5, 5.41) is 9.55. The van der Waals surface area contributed by atoms with Crippen molar-refractivity contribution in [2.75, 3.05) is 6.61 Å². The van der Waals surface area contributed by atoms with Crippen LogP contribution in [-0.2, 0) is 12.8 Å². The molecule has 94 valence electrons. The number of benzene rings is 1. The van der Waals surface area contributed by atoms with Crippen molar-refractivity contribution in [1.82, 2.24) is 0 Å². The van der Waals surface area contributed by atoms with Gasteiger partial charge in [-0.15, -0.1) is 0 Å². The van der Waals surface area contributed by atoms with Gasteiger partial charge >= 0.3 is 0 Å². The normalized spacial score (nSPS) is 18.5. The van der Waals surface area contributed by atoms with Gasteiger partial charge in [-0.2, -0.15) is 0 Å². The van der Waals surface area contributed by atoms with Crippen molar-refractivity contribution < 1.29 is 5.11 Å². The average Bonchev–Trinajstić information content (AvgIpc) is 2.90. The van der Waals surface area contributed by atoms with E-state index in [4.69, 9.17) is 0 Å². The van der Waals surface area contributed by atoms with Crippen LogP contribution in [0, 0.1) is 11.8 Å². The van der Waals surface area contributed by atoms with Crippen LogP contribution in [0.5, 0.6) is 0 Å². The fourth-order valence-corrected chi connectivity index (χ4v) is 3.02. The zero-order chi connectivity index (χ0) is 12.1.